The van der Waals surface area contributed by atoms with Gasteiger partial charge in [-0.05, 0) is 39.5 Å². The van der Waals surface area contributed by atoms with Crippen LogP contribution in [0.1, 0.15) is 33.6 Å². The predicted octanol–water partition coefficient (Wildman–Crippen LogP) is 1.35. The molecule has 1 atom stereocenters. The van der Waals surface area contributed by atoms with E-state index in [1.54, 1.807) is 0 Å². The summed E-state index contributed by atoms with van der Waals surface area (Å²) in [6.45, 7) is 10.8. The number of carbonyl (C=O) groups excluding carboxylic acids is 1. The molecule has 2 rings (SSSR count). The van der Waals surface area contributed by atoms with Crippen molar-refractivity contribution in [2.75, 3.05) is 33.3 Å². The highest BCUT2D eigenvalue weighted by Crippen LogP contribution is 2.36. The molecule has 0 N–H and O–H groups in total. The summed E-state index contributed by atoms with van der Waals surface area (Å²) < 4.78 is 4.97. The van der Waals surface area contributed by atoms with Gasteiger partial charge in [0.25, 0.3) is 0 Å². The Balaban J connectivity index is 1.93. The predicted molar refractivity (Wildman–Crippen MR) is 71.4 cm³/mol. The van der Waals surface area contributed by atoms with Crippen LogP contribution in [0.15, 0.2) is 0 Å². The molecule has 0 spiro atoms. The summed E-state index contributed by atoms with van der Waals surface area (Å²) in [7, 11) is 1.50. The number of carbonyl (C=O) groups is 1. The van der Waals surface area contributed by atoms with Gasteiger partial charge in [-0.1, -0.05) is 0 Å². The summed E-state index contributed by atoms with van der Waals surface area (Å²) in [4.78, 5) is 16.7. The smallest absolute Gasteiger partial charge is 0.323 e. The number of hydrogen-bond donors (Lipinski definition) is 0. The fourth-order valence-electron chi connectivity index (χ4n) is 2.84. The van der Waals surface area contributed by atoms with Crippen molar-refractivity contribution in [3.05, 3.63) is 0 Å². The highest BCUT2D eigenvalue weighted by Gasteiger charge is 2.42. The zero-order valence-corrected chi connectivity index (χ0v) is 12.1. The lowest BCUT2D eigenvalue weighted by Crippen LogP contribution is -2.57. The summed E-state index contributed by atoms with van der Waals surface area (Å²) in [5.74, 6) is 0.500. The van der Waals surface area contributed by atoms with Crippen molar-refractivity contribution >= 4 is 5.97 Å². The molecule has 2 fully saturated rings. The molecule has 1 unspecified atom stereocenters. The van der Waals surface area contributed by atoms with Crippen LogP contribution in [0.3, 0.4) is 0 Å². The number of methoxy groups -OCH3 is 1. The maximum Gasteiger partial charge on any atom is 0.323 e. The van der Waals surface area contributed by atoms with Crippen molar-refractivity contribution in [2.45, 2.75) is 45.2 Å². The van der Waals surface area contributed by atoms with E-state index in [0.29, 0.717) is 5.92 Å². The molecule has 18 heavy (non-hydrogen) atoms. The molecule has 0 aromatic carbocycles. The van der Waals surface area contributed by atoms with Crippen LogP contribution in [0, 0.1) is 5.92 Å². The van der Waals surface area contributed by atoms with Crippen molar-refractivity contribution in [1.82, 2.24) is 9.80 Å². The number of esters is 1. The minimum atomic E-state index is -0.0401. The van der Waals surface area contributed by atoms with E-state index in [-0.39, 0.29) is 17.6 Å². The van der Waals surface area contributed by atoms with Gasteiger partial charge in [0.15, 0.2) is 0 Å². The molecule has 0 bridgehead atoms. The summed E-state index contributed by atoms with van der Waals surface area (Å²) >= 11 is 0. The topological polar surface area (TPSA) is 32.8 Å². The number of rotatable bonds is 3. The van der Waals surface area contributed by atoms with Gasteiger partial charge in [0, 0.05) is 31.7 Å². The van der Waals surface area contributed by atoms with Crippen molar-refractivity contribution < 1.29 is 9.53 Å². The van der Waals surface area contributed by atoms with Crippen LogP contribution in [0.2, 0.25) is 0 Å². The summed E-state index contributed by atoms with van der Waals surface area (Å²) in [6.07, 6.45) is 2.36. The summed E-state index contributed by atoms with van der Waals surface area (Å²) in [5.41, 5.74) is 0.229. The lowest BCUT2D eigenvalue weighted by molar-refractivity contribution is -0.149. The normalized spacial score (nSPS) is 24.9. The summed E-state index contributed by atoms with van der Waals surface area (Å²) in [6, 6.07) is 0.0112. The van der Waals surface area contributed by atoms with Gasteiger partial charge in [0.05, 0.1) is 7.11 Å². The Morgan fingerprint density at radius 2 is 1.72 bits per heavy atom. The van der Waals surface area contributed by atoms with Crippen LogP contribution in [-0.4, -0.2) is 60.6 Å². The molecular weight excluding hydrogens is 228 g/mol. The third kappa shape index (κ3) is 3.04. The molecule has 4 heteroatoms. The Morgan fingerprint density at radius 1 is 1.17 bits per heavy atom. The van der Waals surface area contributed by atoms with Crippen molar-refractivity contribution in [2.24, 2.45) is 5.92 Å². The molecule has 1 heterocycles. The number of nitrogens with zero attached hydrogens (tertiary/aromatic N) is 2. The van der Waals surface area contributed by atoms with Gasteiger partial charge in [-0.3, -0.25) is 14.6 Å². The Hall–Kier alpha value is -0.610. The van der Waals surface area contributed by atoms with E-state index in [1.165, 1.54) is 20.0 Å². The molecule has 1 aliphatic heterocycles. The maximum atomic E-state index is 11.9. The maximum absolute atomic E-state index is 11.9. The van der Waals surface area contributed by atoms with Gasteiger partial charge in [-0.25, -0.2) is 0 Å². The van der Waals surface area contributed by atoms with Crippen LogP contribution in [-0.2, 0) is 9.53 Å². The van der Waals surface area contributed by atoms with E-state index >= 15 is 0 Å². The highest BCUT2D eigenvalue weighted by atomic mass is 16.5. The van der Waals surface area contributed by atoms with Gasteiger partial charge in [0.1, 0.15) is 6.04 Å². The van der Waals surface area contributed by atoms with Gasteiger partial charge in [-0.2, -0.15) is 0 Å². The highest BCUT2D eigenvalue weighted by molar-refractivity contribution is 5.76. The van der Waals surface area contributed by atoms with Crippen LogP contribution < -0.4 is 0 Å². The molecule has 0 aromatic rings. The zero-order chi connectivity index (χ0) is 13.3. The monoisotopic (exact) mass is 254 g/mol. The molecule has 1 saturated carbocycles. The van der Waals surface area contributed by atoms with E-state index in [1.807, 2.05) is 0 Å². The van der Waals surface area contributed by atoms with Crippen LogP contribution in [0.25, 0.3) is 0 Å². The van der Waals surface area contributed by atoms with E-state index < -0.39 is 0 Å². The van der Waals surface area contributed by atoms with Crippen LogP contribution in [0.4, 0.5) is 0 Å². The van der Waals surface area contributed by atoms with Crippen LogP contribution in [0.5, 0.6) is 0 Å². The standard InChI is InChI=1S/C14H26N2O2/c1-14(2,3)16-9-7-15(8-10-16)12(11-5-6-11)13(17)18-4/h11-12H,5-10H2,1-4H3. The van der Waals surface area contributed by atoms with Gasteiger partial charge in [0.2, 0.25) is 0 Å². The average molecular weight is 254 g/mol. The van der Waals surface area contributed by atoms with E-state index in [9.17, 15) is 4.79 Å². The van der Waals surface area contributed by atoms with Gasteiger partial charge in [-0.15, -0.1) is 0 Å². The molecule has 104 valence electrons. The Bertz CT molecular complexity index is 299. The van der Waals surface area contributed by atoms with Crippen molar-refractivity contribution in [3.8, 4) is 0 Å². The molecule has 0 aromatic heterocycles. The average Bonchev–Trinajstić information content (AvgIpc) is 3.13. The van der Waals surface area contributed by atoms with E-state index in [0.717, 1.165) is 26.2 Å². The largest absolute Gasteiger partial charge is 0.468 e. The molecular formula is C14H26N2O2. The third-order valence-electron chi connectivity index (χ3n) is 4.17. The SMILES string of the molecule is COC(=O)C(C1CC1)N1CCN(C(C)(C)C)CC1. The van der Waals surface area contributed by atoms with Gasteiger partial charge < -0.3 is 4.74 Å². The lowest BCUT2D eigenvalue weighted by atomic mass is 10.0. The molecule has 1 saturated heterocycles. The first-order chi connectivity index (χ1) is 8.43. The second kappa shape index (κ2) is 5.17. The molecule has 0 amide bonds. The third-order valence-corrected chi connectivity index (χ3v) is 4.17. The molecule has 0 radical (unpaired) electrons. The minimum absolute atomic E-state index is 0.0112. The number of hydrogen-bond acceptors (Lipinski definition) is 4. The first kappa shape index (κ1) is 13.8. The van der Waals surface area contributed by atoms with Gasteiger partial charge >= 0.3 is 5.97 Å². The minimum Gasteiger partial charge on any atom is -0.468 e. The lowest BCUT2D eigenvalue weighted by Gasteiger charge is -2.44. The van der Waals surface area contributed by atoms with E-state index in [2.05, 4.69) is 30.6 Å². The van der Waals surface area contributed by atoms with E-state index in [4.69, 9.17) is 4.74 Å². The summed E-state index contributed by atoms with van der Waals surface area (Å²) in [5, 5.41) is 0. The second-order valence-corrected chi connectivity index (χ2v) is 6.50. The molecule has 1 aliphatic carbocycles. The molecule has 4 nitrogen and oxygen atoms in total. The number of ether oxygens (including phenoxy) is 1. The van der Waals surface area contributed by atoms with Crippen LogP contribution >= 0.6 is 0 Å². The fourth-order valence-corrected chi connectivity index (χ4v) is 2.84. The Morgan fingerprint density at radius 3 is 2.11 bits per heavy atom. The van der Waals surface area contributed by atoms with Crippen molar-refractivity contribution in [3.63, 3.8) is 0 Å². The number of piperazine rings is 1. The Labute approximate surface area is 110 Å². The Kier molecular flexibility index (Phi) is 3.97. The fraction of sp³-hybridized carbons (Fsp3) is 0.929. The first-order valence-corrected chi connectivity index (χ1v) is 7.00. The zero-order valence-electron chi connectivity index (χ0n) is 12.1. The van der Waals surface area contributed by atoms with Crippen molar-refractivity contribution in [1.29, 1.82) is 0 Å². The first-order valence-electron chi connectivity index (χ1n) is 7.00. The second-order valence-electron chi connectivity index (χ2n) is 6.50. The quantitative estimate of drug-likeness (QED) is 0.712. The molecule has 2 aliphatic rings.